The van der Waals surface area contributed by atoms with Crippen LogP contribution in [0.3, 0.4) is 0 Å². The zero-order chi connectivity index (χ0) is 48.4. The van der Waals surface area contributed by atoms with Gasteiger partial charge in [-0.05, 0) is 111 Å². The number of aryl methyl sites for hydroxylation is 4. The Bertz CT molecular complexity index is 3480. The number of nitrogens with one attached hydrogen (secondary N) is 2. The number of rotatable bonds is 8. The normalized spacial score (nSPS) is 17.5. The van der Waals surface area contributed by atoms with E-state index in [0.717, 1.165) is 65.5 Å². The van der Waals surface area contributed by atoms with Crippen LogP contribution in [0, 0.1) is 38.5 Å². The van der Waals surface area contributed by atoms with Crippen LogP contribution >= 0.6 is 71.0 Å². The zero-order valence-electron chi connectivity index (χ0n) is 38.1. The number of hydrogen-bond acceptors (Lipinski definition) is 12. The molecule has 0 amide bonds. The van der Waals surface area contributed by atoms with Gasteiger partial charge in [-0.3, -0.25) is 20.4 Å². The minimum atomic E-state index is -0.744. The number of carbonyl (C=O) groups excluding carboxylic acids is 2. The van der Waals surface area contributed by atoms with Crippen LogP contribution in [-0.2, 0) is 20.4 Å². The van der Waals surface area contributed by atoms with Crippen LogP contribution < -0.4 is 0 Å². The summed E-state index contributed by atoms with van der Waals surface area (Å²) < 4.78 is 10.7. The fourth-order valence-electron chi connectivity index (χ4n) is 10.9. The first-order valence-electron chi connectivity index (χ1n) is 22.5. The molecule has 2 N–H and O–H groups in total. The number of thiol groups is 2. The number of allylic oxidation sites excluding steroid dienone is 8. The van der Waals surface area contributed by atoms with Crippen LogP contribution in [0.2, 0.25) is 0 Å². The van der Waals surface area contributed by atoms with Gasteiger partial charge in [0, 0.05) is 43.2 Å². The van der Waals surface area contributed by atoms with Gasteiger partial charge in [0.05, 0.1) is 51.2 Å². The molecule has 0 radical (unpaired) electrons. The Labute approximate surface area is 432 Å². The summed E-state index contributed by atoms with van der Waals surface area (Å²) in [7, 11) is 0. The molecule has 0 unspecified atom stereocenters. The van der Waals surface area contributed by atoms with Crippen molar-refractivity contribution < 1.29 is 9.59 Å². The van der Waals surface area contributed by atoms with E-state index in [1.807, 2.05) is 34.8 Å². The highest BCUT2D eigenvalue weighted by atomic mass is 32.1. The molecule has 4 aromatic heterocycles. The summed E-state index contributed by atoms with van der Waals surface area (Å²) in [4.78, 5) is 30.8. The molecule has 0 aliphatic heterocycles. The van der Waals surface area contributed by atoms with E-state index in [2.05, 4.69) is 171 Å². The smallest absolute Gasteiger partial charge is 0.152 e. The lowest BCUT2D eigenvalue weighted by Gasteiger charge is -2.34. The van der Waals surface area contributed by atoms with Gasteiger partial charge in [-0.15, -0.1) is 45.3 Å². The highest BCUT2D eigenvalue weighted by molar-refractivity contribution is 7.79. The van der Waals surface area contributed by atoms with E-state index < -0.39 is 10.8 Å². The summed E-state index contributed by atoms with van der Waals surface area (Å²) in [6, 6.07) is 40.5. The van der Waals surface area contributed by atoms with Crippen LogP contribution in [0.4, 0.5) is 0 Å². The first-order chi connectivity index (χ1) is 34.0. The summed E-state index contributed by atoms with van der Waals surface area (Å²) in [5.41, 5.74) is 15.6. The summed E-state index contributed by atoms with van der Waals surface area (Å²) in [6.45, 7) is 8.51. The molecular formula is C58H40N4O2S6. The standard InChI is InChI=1S/C58H40N4O2S6/c1-29-5-15-35(16-6-29)57(36-17-7-30(2)8-18-36)41-25-43(39-23-13-33(27-63)49(61-65)47(39)59)67-51(41)53-45(57)55-56(69-53)46-54(70-55)52-42(26-44(68-52)40-24-14-34(28-64)50(62-66)48(40)60)58(46,37-19-9-31(3)10-20-37)38-21-11-32(4)12-22-38/h5-28,59-60,65-66H,1-4H3. The summed E-state index contributed by atoms with van der Waals surface area (Å²) in [5, 5.41) is 18.7. The number of aldehydes is 2. The molecule has 12 heteroatoms. The molecule has 0 fully saturated rings. The molecule has 340 valence electrons. The third kappa shape index (κ3) is 6.17. The molecule has 0 bridgehead atoms. The monoisotopic (exact) mass is 1020 g/mol. The third-order valence-electron chi connectivity index (χ3n) is 14.3. The molecule has 12 rings (SSSR count). The largest absolute Gasteiger partial charge is 0.298 e. The second-order valence-corrected chi connectivity index (χ2v) is 22.8. The zero-order valence-corrected chi connectivity index (χ0v) is 43.1. The Kier molecular flexibility index (Phi) is 10.6. The van der Waals surface area contributed by atoms with Crippen LogP contribution in [0.15, 0.2) is 153 Å². The van der Waals surface area contributed by atoms with E-state index >= 15 is 0 Å². The van der Waals surface area contributed by atoms with Gasteiger partial charge < -0.3 is 0 Å². The third-order valence-corrected chi connectivity index (χ3v) is 19.9. The molecule has 0 spiro atoms. The number of thiophene rings is 4. The van der Waals surface area contributed by atoms with Crippen molar-refractivity contribution in [3.63, 3.8) is 0 Å². The lowest BCUT2D eigenvalue weighted by Crippen LogP contribution is -2.29. The maximum Gasteiger partial charge on any atom is 0.152 e. The average molecular weight is 1020 g/mol. The predicted molar refractivity (Wildman–Crippen MR) is 302 cm³/mol. The SMILES string of the molecule is Cc1ccc(C2(c3ccc(C)cc3)c3cc(C4=CC=C(C=O)C(=NS)C4=N)sc3-c3sc4c5c(sc4c32)-c2sc(C3=CC=C(C=O)C(=NS)C3=N)cc2C5(c2ccc(C)cc2)c2ccc(C)cc2)cc1. The van der Waals surface area contributed by atoms with Crippen molar-refractivity contribution in [1.82, 2.24) is 0 Å². The number of nitrogens with zero attached hydrogens (tertiary/aromatic N) is 2. The summed E-state index contributed by atoms with van der Waals surface area (Å²) in [5.74, 6) is 0. The summed E-state index contributed by atoms with van der Waals surface area (Å²) in [6.07, 6.45) is 8.68. The van der Waals surface area contributed by atoms with Crippen molar-refractivity contribution in [1.29, 1.82) is 10.8 Å². The second kappa shape index (κ2) is 16.6. The molecule has 0 saturated heterocycles. The molecule has 8 aromatic rings. The number of fused-ring (bicyclic) bond motifs is 9. The van der Waals surface area contributed by atoms with E-state index in [-0.39, 0.29) is 22.8 Å². The van der Waals surface area contributed by atoms with Crippen molar-refractivity contribution in [2.75, 3.05) is 0 Å². The molecule has 4 aromatic carbocycles. The van der Waals surface area contributed by atoms with Crippen LogP contribution in [0.5, 0.6) is 0 Å². The molecular weight excluding hydrogens is 977 g/mol. The lowest BCUT2D eigenvalue weighted by atomic mass is 9.67. The molecule has 6 nitrogen and oxygen atoms in total. The number of benzene rings is 4. The first-order valence-corrected chi connectivity index (χ1v) is 26.6. The highest BCUT2D eigenvalue weighted by Crippen LogP contribution is 2.70. The molecule has 4 heterocycles. The minimum Gasteiger partial charge on any atom is -0.298 e. The lowest BCUT2D eigenvalue weighted by molar-refractivity contribution is -0.105. The van der Waals surface area contributed by atoms with E-state index in [1.54, 1.807) is 34.8 Å². The van der Waals surface area contributed by atoms with E-state index in [4.69, 9.17) is 0 Å². The maximum absolute atomic E-state index is 12.1. The number of carbonyl (C=O) groups is 2. The second-order valence-electron chi connectivity index (χ2n) is 18.2. The van der Waals surface area contributed by atoms with Crippen molar-refractivity contribution in [2.45, 2.75) is 38.5 Å². The van der Waals surface area contributed by atoms with E-state index in [9.17, 15) is 20.4 Å². The van der Waals surface area contributed by atoms with Gasteiger partial charge in [0.1, 0.15) is 11.4 Å². The Hall–Kier alpha value is -6.38. The molecule has 4 aliphatic rings. The van der Waals surface area contributed by atoms with Crippen molar-refractivity contribution in [3.8, 4) is 19.5 Å². The first kappa shape index (κ1) is 44.8. The average Bonchev–Trinajstić information content (AvgIpc) is 4.22. The van der Waals surface area contributed by atoms with Gasteiger partial charge in [-0.25, -0.2) is 8.80 Å². The number of hydrogen-bond donors (Lipinski definition) is 4. The van der Waals surface area contributed by atoms with Gasteiger partial charge in [0.25, 0.3) is 0 Å². The maximum atomic E-state index is 12.1. The van der Waals surface area contributed by atoms with Gasteiger partial charge in [-0.1, -0.05) is 131 Å². The van der Waals surface area contributed by atoms with Gasteiger partial charge in [-0.2, -0.15) is 0 Å². The minimum absolute atomic E-state index is 0.168. The topological polar surface area (TPSA) is 107 Å². The Morgan fingerprint density at radius 1 is 0.457 bits per heavy atom. The van der Waals surface area contributed by atoms with Crippen molar-refractivity contribution in [3.05, 3.63) is 221 Å². The van der Waals surface area contributed by atoms with Crippen molar-refractivity contribution >= 4 is 127 Å². The Balaban J connectivity index is 1.21. The molecule has 70 heavy (non-hydrogen) atoms. The molecule has 4 aliphatic carbocycles. The van der Waals surface area contributed by atoms with Crippen LogP contribution in [-0.4, -0.2) is 35.4 Å². The fraction of sp³-hybridized carbons (Fsp3) is 0.103. The van der Waals surface area contributed by atoms with Crippen molar-refractivity contribution in [2.24, 2.45) is 8.80 Å². The quantitative estimate of drug-likeness (QED) is 0.0691. The van der Waals surface area contributed by atoms with Gasteiger partial charge in [0.15, 0.2) is 12.6 Å². The van der Waals surface area contributed by atoms with Gasteiger partial charge >= 0.3 is 0 Å². The van der Waals surface area contributed by atoms with Crippen LogP contribution in [0.25, 0.3) is 40.1 Å². The Morgan fingerprint density at radius 2 is 0.771 bits per heavy atom. The van der Waals surface area contributed by atoms with E-state index in [1.165, 1.54) is 52.5 Å². The Morgan fingerprint density at radius 3 is 1.06 bits per heavy atom. The molecule has 0 saturated carbocycles. The summed E-state index contributed by atoms with van der Waals surface area (Å²) >= 11 is 15.5. The molecule has 0 atom stereocenters. The van der Waals surface area contributed by atoms with Crippen LogP contribution in [0.1, 0.15) is 76.5 Å². The highest BCUT2D eigenvalue weighted by Gasteiger charge is 2.55. The van der Waals surface area contributed by atoms with Gasteiger partial charge in [0.2, 0.25) is 0 Å². The van der Waals surface area contributed by atoms with E-state index in [0.29, 0.717) is 22.3 Å². The predicted octanol–water partition coefficient (Wildman–Crippen LogP) is 14.7. The fourth-order valence-corrected chi connectivity index (χ4v) is 17.3.